The molecule has 0 aromatic heterocycles. The third kappa shape index (κ3) is 6.24. The van der Waals surface area contributed by atoms with E-state index in [0.29, 0.717) is 0 Å². The van der Waals surface area contributed by atoms with Crippen LogP contribution in [0.4, 0.5) is 0 Å². The maximum absolute atomic E-state index is 2.27. The summed E-state index contributed by atoms with van der Waals surface area (Å²) in [6.07, 6.45) is 26.0. The van der Waals surface area contributed by atoms with Crippen LogP contribution in [-0.4, -0.2) is 0 Å². The molecule has 1 aliphatic carbocycles. The van der Waals surface area contributed by atoms with Crippen LogP contribution in [0.3, 0.4) is 0 Å². The van der Waals surface area contributed by atoms with E-state index in [1.807, 2.05) is 0 Å². The predicted molar refractivity (Wildman–Crippen MR) is 64.2 cm³/mol. The van der Waals surface area contributed by atoms with Crippen molar-refractivity contribution in [3.05, 3.63) is 60.8 Å². The van der Waals surface area contributed by atoms with Crippen molar-refractivity contribution >= 4 is 0 Å². The van der Waals surface area contributed by atoms with Crippen LogP contribution >= 0.6 is 0 Å². The Kier molecular flexibility index (Phi) is 6.39. The second-order valence-corrected chi connectivity index (χ2v) is 3.26. The molecule has 0 radical (unpaired) electrons. The smallest absolute Gasteiger partial charge is 0.0166 e. The molecule has 0 bridgehead atoms. The predicted octanol–water partition coefficient (Wildman–Crippen LogP) is 4.34. The molecule has 0 nitrogen and oxygen atoms in total. The zero-order valence-electron chi connectivity index (χ0n) is 8.60. The maximum Gasteiger partial charge on any atom is -0.0166 e. The molecule has 0 saturated carbocycles. The van der Waals surface area contributed by atoms with E-state index in [4.69, 9.17) is 0 Å². The Hall–Kier alpha value is -1.30. The van der Waals surface area contributed by atoms with Crippen molar-refractivity contribution < 1.29 is 0 Å². The van der Waals surface area contributed by atoms with Gasteiger partial charge in [-0.25, -0.2) is 0 Å². The minimum atomic E-state index is 1.05. The van der Waals surface area contributed by atoms with Crippen molar-refractivity contribution in [1.82, 2.24) is 0 Å². The number of hydrogen-bond donors (Lipinski definition) is 0. The Labute approximate surface area is 87.0 Å². The van der Waals surface area contributed by atoms with Gasteiger partial charge in [0, 0.05) is 0 Å². The van der Waals surface area contributed by atoms with Crippen LogP contribution in [0.1, 0.15) is 25.7 Å². The lowest BCUT2D eigenvalue weighted by Gasteiger charge is -1.89. The molecule has 74 valence electrons. The molecule has 0 atom stereocenters. The molecule has 0 aromatic carbocycles. The van der Waals surface area contributed by atoms with Gasteiger partial charge in [-0.15, -0.1) is 0 Å². The lowest BCUT2D eigenvalue weighted by molar-refractivity contribution is 0.866. The summed E-state index contributed by atoms with van der Waals surface area (Å²) < 4.78 is 0. The summed E-state index contributed by atoms with van der Waals surface area (Å²) >= 11 is 0. The molecular weight excluding hydrogens is 168 g/mol. The summed E-state index contributed by atoms with van der Waals surface area (Å²) in [5.41, 5.74) is 0. The summed E-state index contributed by atoms with van der Waals surface area (Å²) in [7, 11) is 0. The Morgan fingerprint density at radius 3 is 2.00 bits per heavy atom. The molecule has 0 amide bonds. The van der Waals surface area contributed by atoms with Gasteiger partial charge in [-0.3, -0.25) is 0 Å². The monoisotopic (exact) mass is 186 g/mol. The normalized spacial score (nSPS) is 25.1. The highest BCUT2D eigenvalue weighted by Gasteiger charge is 1.79. The average molecular weight is 186 g/mol. The highest BCUT2D eigenvalue weighted by Crippen LogP contribution is 2.00. The molecule has 0 unspecified atom stereocenters. The minimum Gasteiger partial charge on any atom is -0.0882 e. The fourth-order valence-electron chi connectivity index (χ4n) is 1.23. The largest absolute Gasteiger partial charge is 0.0882 e. The molecule has 0 saturated heterocycles. The Morgan fingerprint density at radius 1 is 0.500 bits per heavy atom. The topological polar surface area (TPSA) is 0 Å². The van der Waals surface area contributed by atoms with Crippen molar-refractivity contribution in [2.24, 2.45) is 0 Å². The molecule has 0 heterocycles. The van der Waals surface area contributed by atoms with Gasteiger partial charge in [0.25, 0.3) is 0 Å². The van der Waals surface area contributed by atoms with E-state index in [1.54, 1.807) is 0 Å². The highest BCUT2D eigenvalue weighted by molar-refractivity contribution is 5.15. The lowest BCUT2D eigenvalue weighted by Crippen LogP contribution is -1.69. The van der Waals surface area contributed by atoms with E-state index in [0.717, 1.165) is 6.42 Å². The van der Waals surface area contributed by atoms with Crippen LogP contribution in [0.15, 0.2) is 60.8 Å². The first kappa shape index (κ1) is 10.8. The number of hydrogen-bond acceptors (Lipinski definition) is 0. The third-order valence-corrected chi connectivity index (χ3v) is 2.01. The Balaban J connectivity index is 2.46. The lowest BCUT2D eigenvalue weighted by atomic mass is 10.2. The van der Waals surface area contributed by atoms with E-state index in [2.05, 4.69) is 60.8 Å². The molecule has 0 aliphatic heterocycles. The van der Waals surface area contributed by atoms with Crippen molar-refractivity contribution in [3.63, 3.8) is 0 Å². The molecule has 14 heavy (non-hydrogen) atoms. The second-order valence-electron chi connectivity index (χ2n) is 3.26. The van der Waals surface area contributed by atoms with Crippen LogP contribution in [-0.2, 0) is 0 Å². The summed E-state index contributed by atoms with van der Waals surface area (Å²) in [4.78, 5) is 0. The molecule has 0 spiro atoms. The van der Waals surface area contributed by atoms with Crippen LogP contribution in [0, 0.1) is 0 Å². The molecule has 0 N–H and O–H groups in total. The van der Waals surface area contributed by atoms with Gasteiger partial charge < -0.3 is 0 Å². The Morgan fingerprint density at radius 2 is 1.14 bits per heavy atom. The second kappa shape index (κ2) is 8.31. The number of rotatable bonds is 0. The first-order valence-corrected chi connectivity index (χ1v) is 5.30. The summed E-state index contributed by atoms with van der Waals surface area (Å²) in [5.74, 6) is 0. The SMILES string of the molecule is C1=C/C=C\C=C\CCC/C=C\CC=C1. The van der Waals surface area contributed by atoms with Crippen molar-refractivity contribution in [3.8, 4) is 0 Å². The Bertz CT molecular complexity index is 262. The van der Waals surface area contributed by atoms with Gasteiger partial charge in [-0.05, 0) is 25.7 Å². The third-order valence-electron chi connectivity index (χ3n) is 2.01. The van der Waals surface area contributed by atoms with Gasteiger partial charge in [-0.1, -0.05) is 60.8 Å². The zero-order valence-corrected chi connectivity index (χ0v) is 8.60. The molecular formula is C14H18. The average Bonchev–Trinajstić information content (AvgIpc) is 2.22. The molecule has 0 fully saturated rings. The van der Waals surface area contributed by atoms with E-state index >= 15 is 0 Å². The van der Waals surface area contributed by atoms with Crippen LogP contribution < -0.4 is 0 Å². The van der Waals surface area contributed by atoms with E-state index in [1.165, 1.54) is 19.3 Å². The first-order valence-electron chi connectivity index (χ1n) is 5.30. The molecule has 1 rings (SSSR count). The van der Waals surface area contributed by atoms with E-state index in [9.17, 15) is 0 Å². The van der Waals surface area contributed by atoms with Gasteiger partial charge in [0.15, 0.2) is 0 Å². The zero-order chi connectivity index (χ0) is 9.90. The van der Waals surface area contributed by atoms with Gasteiger partial charge in [-0.2, -0.15) is 0 Å². The van der Waals surface area contributed by atoms with Crippen LogP contribution in [0.2, 0.25) is 0 Å². The molecule has 0 heteroatoms. The van der Waals surface area contributed by atoms with E-state index < -0.39 is 0 Å². The quantitative estimate of drug-likeness (QED) is 0.494. The maximum atomic E-state index is 2.27. The van der Waals surface area contributed by atoms with Crippen LogP contribution in [0.5, 0.6) is 0 Å². The summed E-state index contributed by atoms with van der Waals surface area (Å²) in [6, 6.07) is 0. The fourth-order valence-corrected chi connectivity index (χ4v) is 1.23. The van der Waals surface area contributed by atoms with Gasteiger partial charge in [0.1, 0.15) is 0 Å². The van der Waals surface area contributed by atoms with Gasteiger partial charge in [0.05, 0.1) is 0 Å². The fraction of sp³-hybridized carbons (Fsp3) is 0.286. The van der Waals surface area contributed by atoms with Crippen LogP contribution in [0.25, 0.3) is 0 Å². The van der Waals surface area contributed by atoms with Gasteiger partial charge >= 0.3 is 0 Å². The van der Waals surface area contributed by atoms with Crippen molar-refractivity contribution in [2.45, 2.75) is 25.7 Å². The molecule has 1 aliphatic rings. The van der Waals surface area contributed by atoms with E-state index in [-0.39, 0.29) is 0 Å². The number of allylic oxidation sites excluding steroid dienone is 10. The minimum absolute atomic E-state index is 1.05. The van der Waals surface area contributed by atoms with Crippen molar-refractivity contribution in [1.29, 1.82) is 0 Å². The summed E-state index contributed by atoms with van der Waals surface area (Å²) in [5, 5.41) is 0. The molecule has 0 aromatic rings. The van der Waals surface area contributed by atoms with Crippen molar-refractivity contribution in [2.75, 3.05) is 0 Å². The standard InChI is InChI=1S/C14H18/c1-2-4-6-8-10-12-14-13-11-9-7-5-3-1/h1-8,11,13H,9-10,12,14H2/b3-1?,4-2-,7-5?,8-6+,13-11-. The first-order chi connectivity index (χ1) is 7.00. The highest BCUT2D eigenvalue weighted by atomic mass is 13.9. The van der Waals surface area contributed by atoms with Gasteiger partial charge in [0.2, 0.25) is 0 Å². The summed E-state index contributed by atoms with van der Waals surface area (Å²) in [6.45, 7) is 0.